The summed E-state index contributed by atoms with van der Waals surface area (Å²) in [5.74, 6) is 0.221. The van der Waals surface area contributed by atoms with Crippen LogP contribution in [0.15, 0.2) is 0 Å². The first-order chi connectivity index (χ1) is 7.45. The molecule has 16 heavy (non-hydrogen) atoms. The Labute approximate surface area is 100 Å². The third-order valence-electron chi connectivity index (χ3n) is 3.07. The average molecular weight is 228 g/mol. The molecule has 0 aromatic carbocycles. The van der Waals surface area contributed by atoms with Gasteiger partial charge in [0.15, 0.2) is 5.78 Å². The Balaban J connectivity index is 3.97. The van der Waals surface area contributed by atoms with Gasteiger partial charge in [-0.25, -0.2) is 0 Å². The molecule has 0 amide bonds. The van der Waals surface area contributed by atoms with Crippen molar-refractivity contribution in [3.05, 3.63) is 0 Å². The largest absolute Gasteiger partial charge is 0.321 e. The summed E-state index contributed by atoms with van der Waals surface area (Å²) in [6, 6.07) is -0.279. The Hall–Kier alpha value is -0.410. The Bertz CT molecular complexity index is 202. The van der Waals surface area contributed by atoms with Crippen molar-refractivity contribution < 1.29 is 4.79 Å². The van der Waals surface area contributed by atoms with E-state index in [0.717, 1.165) is 38.6 Å². The van der Waals surface area contributed by atoms with E-state index in [4.69, 9.17) is 5.73 Å². The highest BCUT2D eigenvalue weighted by Gasteiger charge is 2.30. The second-order valence-corrected chi connectivity index (χ2v) is 5.20. The zero-order chi connectivity index (χ0) is 12.6. The van der Waals surface area contributed by atoms with Crippen LogP contribution in [0.5, 0.6) is 0 Å². The predicted molar refractivity (Wildman–Crippen MR) is 69.4 cm³/mol. The minimum absolute atomic E-state index is 0.221. The molecule has 3 N–H and O–H groups in total. The topological polar surface area (TPSA) is 55.1 Å². The van der Waals surface area contributed by atoms with Gasteiger partial charge in [0.2, 0.25) is 0 Å². The van der Waals surface area contributed by atoms with Crippen molar-refractivity contribution in [2.45, 2.75) is 58.9 Å². The van der Waals surface area contributed by atoms with E-state index in [9.17, 15) is 4.79 Å². The maximum Gasteiger partial charge on any atom is 0.155 e. The second kappa shape index (κ2) is 7.80. The Morgan fingerprint density at radius 2 is 2.00 bits per heavy atom. The van der Waals surface area contributed by atoms with Crippen molar-refractivity contribution in [2.24, 2.45) is 11.1 Å². The Morgan fingerprint density at radius 1 is 1.38 bits per heavy atom. The molecule has 0 fully saturated rings. The molecule has 0 aliphatic heterocycles. The summed E-state index contributed by atoms with van der Waals surface area (Å²) in [6.45, 7) is 7.12. The molecule has 1 unspecified atom stereocenters. The zero-order valence-electron chi connectivity index (χ0n) is 11.3. The van der Waals surface area contributed by atoms with Crippen LogP contribution in [0.1, 0.15) is 52.9 Å². The van der Waals surface area contributed by atoms with Crippen molar-refractivity contribution in [3.8, 4) is 0 Å². The standard InChI is InChI=1S/C13H28N2O/c1-5-9-13(2,3)12(16)11(14)8-6-7-10-15-4/h11,15H,5-10,14H2,1-4H3. The lowest BCUT2D eigenvalue weighted by molar-refractivity contribution is -0.129. The summed E-state index contributed by atoms with van der Waals surface area (Å²) >= 11 is 0. The molecule has 3 nitrogen and oxygen atoms in total. The lowest BCUT2D eigenvalue weighted by Crippen LogP contribution is -2.40. The zero-order valence-corrected chi connectivity index (χ0v) is 11.3. The molecule has 0 saturated heterocycles. The van der Waals surface area contributed by atoms with E-state index in [1.807, 2.05) is 20.9 Å². The first kappa shape index (κ1) is 15.6. The Morgan fingerprint density at radius 3 is 2.50 bits per heavy atom. The van der Waals surface area contributed by atoms with Crippen molar-refractivity contribution in [1.82, 2.24) is 5.32 Å². The predicted octanol–water partition coefficient (Wildman–Crippen LogP) is 2.10. The van der Waals surface area contributed by atoms with Gasteiger partial charge < -0.3 is 11.1 Å². The van der Waals surface area contributed by atoms with Crippen molar-refractivity contribution in [3.63, 3.8) is 0 Å². The van der Waals surface area contributed by atoms with E-state index in [1.54, 1.807) is 0 Å². The van der Waals surface area contributed by atoms with E-state index in [1.165, 1.54) is 0 Å². The molecule has 3 heteroatoms. The molecule has 0 aliphatic carbocycles. The highest BCUT2D eigenvalue weighted by atomic mass is 16.1. The summed E-state index contributed by atoms with van der Waals surface area (Å²) in [5.41, 5.74) is 5.69. The molecule has 0 radical (unpaired) electrons. The van der Waals surface area contributed by atoms with Gasteiger partial charge in [-0.05, 0) is 32.9 Å². The van der Waals surface area contributed by atoms with Crippen LogP contribution in [0.4, 0.5) is 0 Å². The summed E-state index contributed by atoms with van der Waals surface area (Å²) in [5, 5.41) is 3.10. The minimum atomic E-state index is -0.279. The van der Waals surface area contributed by atoms with Gasteiger partial charge in [0.05, 0.1) is 6.04 Å². The van der Waals surface area contributed by atoms with E-state index >= 15 is 0 Å². The molecule has 0 saturated carbocycles. The van der Waals surface area contributed by atoms with Gasteiger partial charge in [0, 0.05) is 5.41 Å². The van der Waals surface area contributed by atoms with E-state index in [0.29, 0.717) is 0 Å². The molecule has 0 spiro atoms. The lowest BCUT2D eigenvalue weighted by Gasteiger charge is -2.26. The number of hydrogen-bond donors (Lipinski definition) is 2. The van der Waals surface area contributed by atoms with Crippen LogP contribution in [0.2, 0.25) is 0 Å². The number of carbonyl (C=O) groups is 1. The number of ketones is 1. The van der Waals surface area contributed by atoms with Gasteiger partial charge in [-0.1, -0.05) is 33.6 Å². The smallest absolute Gasteiger partial charge is 0.155 e. The quantitative estimate of drug-likeness (QED) is 0.594. The van der Waals surface area contributed by atoms with Crippen LogP contribution in [0.25, 0.3) is 0 Å². The molecule has 0 rings (SSSR count). The number of rotatable bonds is 9. The van der Waals surface area contributed by atoms with Gasteiger partial charge in [-0.2, -0.15) is 0 Å². The van der Waals surface area contributed by atoms with Crippen molar-refractivity contribution in [1.29, 1.82) is 0 Å². The van der Waals surface area contributed by atoms with Crippen LogP contribution in [-0.4, -0.2) is 25.4 Å². The van der Waals surface area contributed by atoms with Gasteiger partial charge >= 0.3 is 0 Å². The monoisotopic (exact) mass is 228 g/mol. The van der Waals surface area contributed by atoms with E-state index < -0.39 is 0 Å². The molecule has 0 aromatic heterocycles. The fourth-order valence-corrected chi connectivity index (χ4v) is 2.05. The highest BCUT2D eigenvalue weighted by molar-refractivity contribution is 5.88. The number of Topliss-reactive ketones (excluding diaryl/α,β-unsaturated/α-hetero) is 1. The van der Waals surface area contributed by atoms with E-state index in [2.05, 4.69) is 12.2 Å². The molecule has 0 bridgehead atoms. The number of nitrogens with two attached hydrogens (primary N) is 1. The van der Waals surface area contributed by atoms with E-state index in [-0.39, 0.29) is 17.2 Å². The van der Waals surface area contributed by atoms with Gasteiger partial charge in [-0.3, -0.25) is 4.79 Å². The molecular formula is C13H28N2O. The number of carbonyl (C=O) groups excluding carboxylic acids is 1. The number of hydrogen-bond acceptors (Lipinski definition) is 3. The molecule has 0 aliphatic rings. The normalized spacial score (nSPS) is 13.8. The minimum Gasteiger partial charge on any atom is -0.321 e. The summed E-state index contributed by atoms with van der Waals surface area (Å²) in [7, 11) is 1.94. The van der Waals surface area contributed by atoms with Crippen LogP contribution < -0.4 is 11.1 Å². The first-order valence-electron chi connectivity index (χ1n) is 6.40. The maximum absolute atomic E-state index is 12.1. The van der Waals surface area contributed by atoms with Crippen molar-refractivity contribution >= 4 is 5.78 Å². The summed E-state index contributed by atoms with van der Waals surface area (Å²) in [4.78, 5) is 12.1. The third kappa shape index (κ3) is 5.61. The second-order valence-electron chi connectivity index (χ2n) is 5.20. The number of unbranched alkanes of at least 4 members (excludes halogenated alkanes) is 1. The lowest BCUT2D eigenvalue weighted by atomic mass is 9.79. The number of nitrogens with one attached hydrogen (secondary N) is 1. The molecule has 0 aromatic rings. The average Bonchev–Trinajstić information content (AvgIpc) is 2.23. The van der Waals surface area contributed by atoms with Gasteiger partial charge in [0.1, 0.15) is 0 Å². The third-order valence-corrected chi connectivity index (χ3v) is 3.07. The van der Waals surface area contributed by atoms with Crippen LogP contribution in [-0.2, 0) is 4.79 Å². The fraction of sp³-hybridized carbons (Fsp3) is 0.923. The first-order valence-corrected chi connectivity index (χ1v) is 6.40. The maximum atomic E-state index is 12.1. The molecule has 96 valence electrons. The van der Waals surface area contributed by atoms with Crippen molar-refractivity contribution in [2.75, 3.05) is 13.6 Å². The van der Waals surface area contributed by atoms with Crippen LogP contribution >= 0.6 is 0 Å². The van der Waals surface area contributed by atoms with Crippen LogP contribution in [0.3, 0.4) is 0 Å². The SMILES string of the molecule is CCCC(C)(C)C(=O)C(N)CCCCNC. The van der Waals surface area contributed by atoms with Gasteiger partial charge in [0.25, 0.3) is 0 Å². The van der Waals surface area contributed by atoms with Crippen LogP contribution in [0, 0.1) is 5.41 Å². The molecule has 1 atom stereocenters. The fourth-order valence-electron chi connectivity index (χ4n) is 2.05. The van der Waals surface area contributed by atoms with Gasteiger partial charge in [-0.15, -0.1) is 0 Å². The molecule has 0 heterocycles. The summed E-state index contributed by atoms with van der Waals surface area (Å²) < 4.78 is 0. The Kier molecular flexibility index (Phi) is 7.60. The highest BCUT2D eigenvalue weighted by Crippen LogP contribution is 2.25. The molecular weight excluding hydrogens is 200 g/mol. The summed E-state index contributed by atoms with van der Waals surface area (Å²) in [6.07, 6.45) is 4.89.